The normalized spacial score (nSPS) is 17.4. The summed E-state index contributed by atoms with van der Waals surface area (Å²) in [4.78, 5) is 33.3. The van der Waals surface area contributed by atoms with Gasteiger partial charge in [-0.1, -0.05) is 12.8 Å². The van der Waals surface area contributed by atoms with E-state index in [2.05, 4.69) is 4.98 Å². The number of halogens is 2. The molecule has 2 amide bonds. The number of H-pyrrole nitrogens is 1. The molecule has 2 aliphatic heterocycles. The maximum absolute atomic E-state index is 14.1. The number of carbonyl (C=O) groups excluding carboxylic acids is 2. The van der Waals surface area contributed by atoms with Gasteiger partial charge in [-0.2, -0.15) is 0 Å². The summed E-state index contributed by atoms with van der Waals surface area (Å²) in [5, 5.41) is 0.740. The van der Waals surface area contributed by atoms with Crippen molar-refractivity contribution in [2.24, 2.45) is 5.92 Å². The number of nitrogens with one attached hydrogen (secondary N) is 1. The van der Waals surface area contributed by atoms with E-state index >= 15 is 0 Å². The van der Waals surface area contributed by atoms with Gasteiger partial charge >= 0.3 is 0 Å². The minimum absolute atomic E-state index is 0.00817. The summed E-state index contributed by atoms with van der Waals surface area (Å²) >= 11 is 0. The highest BCUT2D eigenvalue weighted by atomic mass is 19.1. The second kappa shape index (κ2) is 10.8. The van der Waals surface area contributed by atoms with E-state index in [0.29, 0.717) is 38.8 Å². The molecule has 5 rings (SSSR count). The van der Waals surface area contributed by atoms with Gasteiger partial charge < -0.3 is 14.8 Å². The summed E-state index contributed by atoms with van der Waals surface area (Å²) in [6.07, 6.45) is 6.72. The number of carbonyl (C=O) groups is 2. The van der Waals surface area contributed by atoms with Gasteiger partial charge in [-0.3, -0.25) is 9.59 Å². The van der Waals surface area contributed by atoms with Crippen molar-refractivity contribution in [3.8, 4) is 11.3 Å². The van der Waals surface area contributed by atoms with Crippen molar-refractivity contribution >= 4 is 22.7 Å². The predicted octanol–water partition coefficient (Wildman–Crippen LogP) is 5.69. The Kier molecular flexibility index (Phi) is 7.35. The molecular weight excluding hydrogens is 460 g/mol. The third-order valence-electron chi connectivity index (χ3n) is 7.70. The number of aromatic amines is 1. The number of aryl methyl sites for hydroxylation is 1. The van der Waals surface area contributed by atoms with Gasteiger partial charge in [0.25, 0.3) is 0 Å². The van der Waals surface area contributed by atoms with Crippen LogP contribution in [-0.2, 0) is 16.0 Å². The standard InChI is InChI=1S/C29H33F2N3O2/c30-22-7-5-20(6-8-22)28-24(25-19-23(31)9-11-26(25)32-28)10-12-27(35)33-17-13-21(14-18-33)29(36)34-15-3-1-2-4-16-34/h5-9,11,19,21,32H,1-4,10,12-18H2. The molecule has 0 atom stereocenters. The molecule has 36 heavy (non-hydrogen) atoms. The fourth-order valence-electron chi connectivity index (χ4n) is 5.66. The van der Waals surface area contributed by atoms with Gasteiger partial charge in [-0.15, -0.1) is 0 Å². The molecule has 7 heteroatoms. The van der Waals surface area contributed by atoms with Gasteiger partial charge in [-0.25, -0.2) is 8.78 Å². The van der Waals surface area contributed by atoms with Crippen LogP contribution in [0.2, 0.25) is 0 Å². The number of hydrogen-bond donors (Lipinski definition) is 1. The molecule has 190 valence electrons. The largest absolute Gasteiger partial charge is 0.354 e. The number of nitrogens with zero attached hydrogens (tertiary/aromatic N) is 2. The zero-order valence-electron chi connectivity index (χ0n) is 20.6. The molecule has 0 aliphatic carbocycles. The van der Waals surface area contributed by atoms with Crippen LogP contribution < -0.4 is 0 Å². The average Bonchev–Trinajstić information content (AvgIpc) is 3.05. The first kappa shape index (κ1) is 24.5. The summed E-state index contributed by atoms with van der Waals surface area (Å²) in [6, 6.07) is 10.7. The third-order valence-corrected chi connectivity index (χ3v) is 7.70. The van der Waals surface area contributed by atoms with Crippen molar-refractivity contribution in [1.29, 1.82) is 0 Å². The summed E-state index contributed by atoms with van der Waals surface area (Å²) in [7, 11) is 0. The van der Waals surface area contributed by atoms with Crippen molar-refractivity contribution in [3.05, 3.63) is 59.7 Å². The Bertz CT molecular complexity index is 1220. The fraction of sp³-hybridized carbons (Fsp3) is 0.448. The summed E-state index contributed by atoms with van der Waals surface area (Å²) < 4.78 is 27.5. The van der Waals surface area contributed by atoms with Gasteiger partial charge in [0.2, 0.25) is 11.8 Å². The number of aromatic nitrogens is 1. The number of hydrogen-bond acceptors (Lipinski definition) is 2. The van der Waals surface area contributed by atoms with Gasteiger partial charge in [0.05, 0.1) is 0 Å². The topological polar surface area (TPSA) is 56.4 Å². The van der Waals surface area contributed by atoms with Crippen LogP contribution >= 0.6 is 0 Å². The van der Waals surface area contributed by atoms with Gasteiger partial charge in [0, 0.05) is 55.1 Å². The smallest absolute Gasteiger partial charge is 0.225 e. The molecule has 2 aromatic carbocycles. The molecule has 2 aliphatic rings. The van der Waals surface area contributed by atoms with Crippen LogP contribution in [0.25, 0.3) is 22.2 Å². The van der Waals surface area contributed by atoms with Gasteiger partial charge in [0.1, 0.15) is 11.6 Å². The molecular formula is C29H33F2N3O2. The van der Waals surface area contributed by atoms with Crippen LogP contribution in [0.15, 0.2) is 42.5 Å². The molecule has 3 heterocycles. The molecule has 0 bridgehead atoms. The second-order valence-electron chi connectivity index (χ2n) is 10.1. The molecule has 0 spiro atoms. The Balaban J connectivity index is 1.24. The van der Waals surface area contributed by atoms with Crippen molar-refractivity contribution in [1.82, 2.24) is 14.8 Å². The highest BCUT2D eigenvalue weighted by Crippen LogP contribution is 2.32. The second-order valence-corrected chi connectivity index (χ2v) is 10.1. The van der Waals surface area contributed by atoms with Crippen LogP contribution in [0.3, 0.4) is 0 Å². The first-order valence-corrected chi connectivity index (χ1v) is 13.1. The van der Waals surface area contributed by atoms with E-state index in [1.54, 1.807) is 18.2 Å². The Morgan fingerprint density at radius 3 is 2.19 bits per heavy atom. The van der Waals surface area contributed by atoms with E-state index in [0.717, 1.165) is 53.7 Å². The zero-order valence-corrected chi connectivity index (χ0v) is 20.6. The predicted molar refractivity (Wildman–Crippen MR) is 136 cm³/mol. The number of benzene rings is 2. The van der Waals surface area contributed by atoms with Gasteiger partial charge in [-0.05, 0) is 85.7 Å². The van der Waals surface area contributed by atoms with Crippen LogP contribution in [-0.4, -0.2) is 52.8 Å². The van der Waals surface area contributed by atoms with Crippen molar-refractivity contribution in [3.63, 3.8) is 0 Å². The van der Waals surface area contributed by atoms with Crippen molar-refractivity contribution in [2.75, 3.05) is 26.2 Å². The molecule has 2 fully saturated rings. The number of likely N-dealkylation sites (tertiary alicyclic amines) is 2. The first-order chi connectivity index (χ1) is 17.5. The Labute approximate surface area is 210 Å². The minimum atomic E-state index is -0.337. The lowest BCUT2D eigenvalue weighted by molar-refractivity contribution is -0.140. The molecule has 1 N–H and O–H groups in total. The van der Waals surface area contributed by atoms with E-state index in [-0.39, 0.29) is 29.4 Å². The Morgan fingerprint density at radius 2 is 1.50 bits per heavy atom. The lowest BCUT2D eigenvalue weighted by atomic mass is 9.94. The quantitative estimate of drug-likeness (QED) is 0.497. The summed E-state index contributed by atoms with van der Waals surface area (Å²) in [5.74, 6) is -0.347. The highest BCUT2D eigenvalue weighted by molar-refractivity contribution is 5.91. The lowest BCUT2D eigenvalue weighted by Gasteiger charge is -2.34. The molecule has 5 nitrogen and oxygen atoms in total. The van der Waals surface area contributed by atoms with E-state index in [9.17, 15) is 18.4 Å². The lowest BCUT2D eigenvalue weighted by Crippen LogP contribution is -2.44. The third kappa shape index (κ3) is 5.30. The monoisotopic (exact) mass is 493 g/mol. The summed E-state index contributed by atoms with van der Waals surface area (Å²) in [5.41, 5.74) is 3.22. The molecule has 3 aromatic rings. The molecule has 0 radical (unpaired) electrons. The van der Waals surface area contributed by atoms with Crippen LogP contribution in [0.4, 0.5) is 8.78 Å². The average molecular weight is 494 g/mol. The van der Waals surface area contributed by atoms with E-state index < -0.39 is 0 Å². The Morgan fingerprint density at radius 1 is 0.833 bits per heavy atom. The van der Waals surface area contributed by atoms with E-state index in [4.69, 9.17) is 0 Å². The molecule has 2 saturated heterocycles. The maximum atomic E-state index is 14.1. The summed E-state index contributed by atoms with van der Waals surface area (Å²) in [6.45, 7) is 2.91. The maximum Gasteiger partial charge on any atom is 0.225 e. The van der Waals surface area contributed by atoms with Crippen LogP contribution in [0.5, 0.6) is 0 Å². The van der Waals surface area contributed by atoms with Crippen molar-refractivity contribution in [2.45, 2.75) is 51.4 Å². The van der Waals surface area contributed by atoms with E-state index in [1.807, 2.05) is 9.80 Å². The first-order valence-electron chi connectivity index (χ1n) is 13.1. The number of piperidine rings is 1. The van der Waals surface area contributed by atoms with Gasteiger partial charge in [0.15, 0.2) is 0 Å². The molecule has 1 aromatic heterocycles. The number of rotatable bonds is 5. The number of fused-ring (bicyclic) bond motifs is 1. The minimum Gasteiger partial charge on any atom is -0.354 e. The van der Waals surface area contributed by atoms with Crippen LogP contribution in [0.1, 0.15) is 50.5 Å². The Hall–Kier alpha value is -3.22. The molecule has 0 saturated carbocycles. The van der Waals surface area contributed by atoms with Crippen LogP contribution in [0, 0.1) is 17.6 Å². The molecule has 0 unspecified atom stereocenters. The highest BCUT2D eigenvalue weighted by Gasteiger charge is 2.30. The zero-order chi connectivity index (χ0) is 25.1. The number of amides is 2. The SMILES string of the molecule is O=C(CCc1c(-c2ccc(F)cc2)[nH]c2ccc(F)cc12)N1CCC(C(=O)N2CCCCCC2)CC1. The van der Waals surface area contributed by atoms with Crippen molar-refractivity contribution < 1.29 is 18.4 Å². The van der Waals surface area contributed by atoms with E-state index in [1.165, 1.54) is 37.1 Å². The fourth-order valence-corrected chi connectivity index (χ4v) is 5.66.